The monoisotopic (exact) mass is 364 g/mol. The first-order valence-corrected chi connectivity index (χ1v) is 8.29. The van der Waals surface area contributed by atoms with E-state index in [0.717, 1.165) is 5.69 Å². The maximum Gasteiger partial charge on any atom is 0.264 e. The summed E-state index contributed by atoms with van der Waals surface area (Å²) in [6, 6.07) is 16.2. The molecule has 0 bridgehead atoms. The third-order valence-corrected chi connectivity index (χ3v) is 4.37. The Hall–Kier alpha value is -3.25. The highest BCUT2D eigenvalue weighted by Crippen LogP contribution is 2.16. The molecule has 128 valence electrons. The van der Waals surface area contributed by atoms with Crippen molar-refractivity contribution in [2.45, 2.75) is 6.54 Å². The van der Waals surface area contributed by atoms with E-state index >= 15 is 0 Å². The number of aromatic nitrogens is 4. The number of hydrogen-bond acceptors (Lipinski definition) is 4. The summed E-state index contributed by atoms with van der Waals surface area (Å²) >= 11 is 6.05. The van der Waals surface area contributed by atoms with Gasteiger partial charge in [0.15, 0.2) is 11.4 Å². The van der Waals surface area contributed by atoms with E-state index in [1.54, 1.807) is 28.9 Å². The summed E-state index contributed by atoms with van der Waals surface area (Å²) in [6.07, 6.45) is 2.83. The average Bonchev–Trinajstić information content (AvgIpc) is 3.10. The highest BCUT2D eigenvalue weighted by atomic mass is 35.5. The minimum Gasteiger partial charge on any atom is -0.292 e. The second kappa shape index (κ2) is 6.57. The van der Waals surface area contributed by atoms with Gasteiger partial charge in [-0.1, -0.05) is 41.9 Å². The first-order valence-electron chi connectivity index (χ1n) is 7.91. The van der Waals surface area contributed by atoms with Crippen molar-refractivity contribution in [3.63, 3.8) is 0 Å². The molecule has 2 heterocycles. The first kappa shape index (κ1) is 16.2. The van der Waals surface area contributed by atoms with Gasteiger partial charge in [0.05, 0.1) is 23.5 Å². The maximum atomic E-state index is 12.7. The number of benzene rings is 2. The number of carbonyl (C=O) groups excluding carboxylic acids is 1. The van der Waals surface area contributed by atoms with Gasteiger partial charge in [0, 0.05) is 5.56 Å². The largest absolute Gasteiger partial charge is 0.292 e. The van der Waals surface area contributed by atoms with Crippen molar-refractivity contribution in [2.24, 2.45) is 0 Å². The van der Waals surface area contributed by atoms with Gasteiger partial charge in [-0.2, -0.15) is 5.10 Å². The highest BCUT2D eigenvalue weighted by molar-refractivity contribution is 6.33. The smallest absolute Gasteiger partial charge is 0.264 e. The Morgan fingerprint density at radius 3 is 2.54 bits per heavy atom. The molecule has 0 saturated heterocycles. The SMILES string of the molecule is O=C(Cn1cnc2c(cnn2-c2ccccc2)c1=O)c1ccccc1Cl. The van der Waals surface area contributed by atoms with Crippen LogP contribution in [0.4, 0.5) is 0 Å². The van der Waals surface area contributed by atoms with Gasteiger partial charge in [-0.15, -0.1) is 0 Å². The van der Waals surface area contributed by atoms with Crippen molar-refractivity contribution in [1.82, 2.24) is 19.3 Å². The normalized spacial score (nSPS) is 11.0. The van der Waals surface area contributed by atoms with Gasteiger partial charge in [0.2, 0.25) is 0 Å². The molecule has 0 saturated carbocycles. The maximum absolute atomic E-state index is 12.7. The van der Waals surface area contributed by atoms with Gasteiger partial charge >= 0.3 is 0 Å². The molecule has 0 aliphatic rings. The number of halogens is 1. The molecule has 0 atom stereocenters. The molecular weight excluding hydrogens is 352 g/mol. The van der Waals surface area contributed by atoms with Gasteiger partial charge < -0.3 is 0 Å². The molecule has 0 unspecified atom stereocenters. The fourth-order valence-corrected chi connectivity index (χ4v) is 2.99. The van der Waals surface area contributed by atoms with Crippen LogP contribution in [0.5, 0.6) is 0 Å². The molecule has 0 fully saturated rings. The Balaban J connectivity index is 1.72. The number of para-hydroxylation sites is 1. The van der Waals surface area contributed by atoms with Gasteiger partial charge in [-0.25, -0.2) is 9.67 Å². The van der Waals surface area contributed by atoms with Crippen LogP contribution in [0.2, 0.25) is 5.02 Å². The van der Waals surface area contributed by atoms with Crippen LogP contribution in [-0.4, -0.2) is 25.1 Å². The zero-order chi connectivity index (χ0) is 18.1. The number of carbonyl (C=O) groups is 1. The number of hydrogen-bond donors (Lipinski definition) is 0. The Morgan fingerprint density at radius 1 is 1.04 bits per heavy atom. The van der Waals surface area contributed by atoms with E-state index < -0.39 is 0 Å². The molecule has 0 spiro atoms. The molecule has 0 aliphatic heterocycles. The fraction of sp³-hybridized carbons (Fsp3) is 0.0526. The Morgan fingerprint density at radius 2 is 1.77 bits per heavy atom. The number of nitrogens with zero attached hydrogens (tertiary/aromatic N) is 4. The fourth-order valence-electron chi connectivity index (χ4n) is 2.75. The lowest BCUT2D eigenvalue weighted by molar-refractivity contribution is 0.0971. The van der Waals surface area contributed by atoms with Crippen LogP contribution in [0, 0.1) is 0 Å². The molecule has 4 aromatic rings. The molecule has 4 rings (SSSR count). The highest BCUT2D eigenvalue weighted by Gasteiger charge is 2.15. The minimum absolute atomic E-state index is 0.137. The summed E-state index contributed by atoms with van der Waals surface area (Å²) in [6.45, 7) is -0.137. The van der Waals surface area contributed by atoms with Gasteiger partial charge in [0.1, 0.15) is 11.7 Å². The second-order valence-electron chi connectivity index (χ2n) is 5.71. The minimum atomic E-state index is -0.322. The lowest BCUT2D eigenvalue weighted by Gasteiger charge is -2.07. The Labute approximate surface area is 153 Å². The van der Waals surface area contributed by atoms with Crippen LogP contribution < -0.4 is 5.56 Å². The van der Waals surface area contributed by atoms with E-state index in [4.69, 9.17) is 11.6 Å². The average molecular weight is 365 g/mol. The van der Waals surface area contributed by atoms with Gasteiger partial charge in [0.25, 0.3) is 5.56 Å². The van der Waals surface area contributed by atoms with E-state index in [9.17, 15) is 9.59 Å². The Kier molecular flexibility index (Phi) is 4.10. The molecule has 0 N–H and O–H groups in total. The van der Waals surface area contributed by atoms with E-state index in [0.29, 0.717) is 21.6 Å². The standard InChI is InChI=1S/C19H13ClN4O2/c20-16-9-5-4-8-14(16)17(25)11-23-12-21-18-15(19(23)26)10-22-24(18)13-6-2-1-3-7-13/h1-10,12H,11H2. The lowest BCUT2D eigenvalue weighted by atomic mass is 10.1. The first-order chi connectivity index (χ1) is 12.6. The van der Waals surface area contributed by atoms with Crippen molar-refractivity contribution in [3.8, 4) is 5.69 Å². The summed E-state index contributed by atoms with van der Waals surface area (Å²) in [5, 5.41) is 4.96. The van der Waals surface area contributed by atoms with E-state index in [-0.39, 0.29) is 17.9 Å². The van der Waals surface area contributed by atoms with Crippen LogP contribution in [0.3, 0.4) is 0 Å². The third-order valence-electron chi connectivity index (χ3n) is 4.04. The zero-order valence-electron chi connectivity index (χ0n) is 13.5. The lowest BCUT2D eigenvalue weighted by Crippen LogP contribution is -2.24. The molecule has 0 aliphatic carbocycles. The van der Waals surface area contributed by atoms with Crippen LogP contribution in [-0.2, 0) is 6.54 Å². The molecule has 0 radical (unpaired) electrons. The van der Waals surface area contributed by atoms with E-state index in [1.807, 2.05) is 30.3 Å². The van der Waals surface area contributed by atoms with Crippen LogP contribution in [0.15, 0.2) is 71.9 Å². The summed E-state index contributed by atoms with van der Waals surface area (Å²) in [5.74, 6) is -0.255. The summed E-state index contributed by atoms with van der Waals surface area (Å²) in [4.78, 5) is 29.5. The predicted molar refractivity (Wildman–Crippen MR) is 98.9 cm³/mol. The van der Waals surface area contributed by atoms with Crippen molar-refractivity contribution in [2.75, 3.05) is 0 Å². The predicted octanol–water partition coefficient (Wildman–Crippen LogP) is 3.12. The Bertz CT molecular complexity index is 1170. The molecule has 6 nitrogen and oxygen atoms in total. The van der Waals surface area contributed by atoms with Crippen LogP contribution in [0.1, 0.15) is 10.4 Å². The van der Waals surface area contributed by atoms with Crippen molar-refractivity contribution < 1.29 is 4.79 Å². The van der Waals surface area contributed by atoms with Crippen LogP contribution in [0.25, 0.3) is 16.7 Å². The topological polar surface area (TPSA) is 69.8 Å². The quantitative estimate of drug-likeness (QED) is 0.522. The van der Waals surface area contributed by atoms with E-state index in [2.05, 4.69) is 10.1 Å². The van der Waals surface area contributed by atoms with Crippen LogP contribution >= 0.6 is 11.6 Å². The van der Waals surface area contributed by atoms with E-state index in [1.165, 1.54) is 17.1 Å². The van der Waals surface area contributed by atoms with Gasteiger partial charge in [-0.05, 0) is 24.3 Å². The summed E-state index contributed by atoms with van der Waals surface area (Å²) in [7, 11) is 0. The summed E-state index contributed by atoms with van der Waals surface area (Å²) in [5.41, 5.74) is 1.31. The number of Topliss-reactive ketones (excluding diaryl/α,β-unsaturated/α-hetero) is 1. The number of fused-ring (bicyclic) bond motifs is 1. The molecule has 2 aromatic carbocycles. The second-order valence-corrected chi connectivity index (χ2v) is 6.12. The zero-order valence-corrected chi connectivity index (χ0v) is 14.3. The summed E-state index contributed by atoms with van der Waals surface area (Å²) < 4.78 is 2.86. The third kappa shape index (κ3) is 2.80. The molecular formula is C19H13ClN4O2. The molecule has 26 heavy (non-hydrogen) atoms. The van der Waals surface area contributed by atoms with Crippen molar-refractivity contribution in [3.05, 3.63) is 88.1 Å². The van der Waals surface area contributed by atoms with Crippen molar-refractivity contribution >= 4 is 28.4 Å². The molecule has 7 heteroatoms. The molecule has 0 amide bonds. The molecule has 2 aromatic heterocycles. The van der Waals surface area contributed by atoms with Gasteiger partial charge in [-0.3, -0.25) is 14.2 Å². The van der Waals surface area contributed by atoms with Crippen molar-refractivity contribution in [1.29, 1.82) is 0 Å². The number of ketones is 1. The number of rotatable bonds is 4.